The molecule has 7 nitrogen and oxygen atoms in total. The molecule has 1 saturated carbocycles. The third-order valence-corrected chi connectivity index (χ3v) is 4.37. The predicted octanol–water partition coefficient (Wildman–Crippen LogP) is 3.02. The van der Waals surface area contributed by atoms with Gasteiger partial charge in [0.25, 0.3) is 5.56 Å². The Morgan fingerprint density at radius 2 is 2.08 bits per heavy atom. The van der Waals surface area contributed by atoms with Crippen LogP contribution in [-0.2, 0) is 0 Å². The number of rotatable bonds is 4. The van der Waals surface area contributed by atoms with Gasteiger partial charge in [-0.25, -0.2) is 19.9 Å². The first-order valence-corrected chi connectivity index (χ1v) is 8.18. The topological polar surface area (TPSA) is 93.7 Å². The van der Waals surface area contributed by atoms with Crippen molar-refractivity contribution in [1.82, 2.24) is 24.9 Å². The zero-order valence-electron chi connectivity index (χ0n) is 12.5. The van der Waals surface area contributed by atoms with Crippen molar-refractivity contribution in [2.24, 2.45) is 0 Å². The highest BCUT2D eigenvalue weighted by atomic mass is 79.9. The third-order valence-electron chi connectivity index (χ3n) is 3.78. The number of hydrogen-bond donors (Lipinski definition) is 1. The SMILES string of the molecule is O=c1[nH]c2nc(-c3c(OC(F)F)ncnc3C3CC3)ncc2cc1Br. The van der Waals surface area contributed by atoms with Gasteiger partial charge in [0.05, 0.1) is 10.2 Å². The third kappa shape index (κ3) is 3.09. The number of ether oxygens (including phenoxy) is 1. The van der Waals surface area contributed by atoms with Crippen LogP contribution in [0.5, 0.6) is 5.88 Å². The predicted molar refractivity (Wildman–Crippen MR) is 87.5 cm³/mol. The van der Waals surface area contributed by atoms with Gasteiger partial charge in [-0.1, -0.05) is 0 Å². The Morgan fingerprint density at radius 3 is 2.80 bits per heavy atom. The van der Waals surface area contributed by atoms with Crippen LogP contribution in [0.15, 0.2) is 27.9 Å². The summed E-state index contributed by atoms with van der Waals surface area (Å²) in [5.41, 5.74) is 0.736. The summed E-state index contributed by atoms with van der Waals surface area (Å²) < 4.78 is 30.4. The number of nitrogens with one attached hydrogen (secondary N) is 1. The smallest absolute Gasteiger partial charge is 0.388 e. The van der Waals surface area contributed by atoms with Gasteiger partial charge in [-0.15, -0.1) is 0 Å². The number of aromatic nitrogens is 5. The van der Waals surface area contributed by atoms with Gasteiger partial charge in [0.2, 0.25) is 5.88 Å². The zero-order valence-corrected chi connectivity index (χ0v) is 14.1. The quantitative estimate of drug-likeness (QED) is 0.711. The molecule has 4 rings (SSSR count). The summed E-state index contributed by atoms with van der Waals surface area (Å²) in [6.07, 6.45) is 4.48. The molecule has 0 bridgehead atoms. The van der Waals surface area contributed by atoms with Gasteiger partial charge >= 0.3 is 6.61 Å². The fourth-order valence-corrected chi connectivity index (χ4v) is 2.86. The molecule has 25 heavy (non-hydrogen) atoms. The lowest BCUT2D eigenvalue weighted by Gasteiger charge is -2.12. The van der Waals surface area contributed by atoms with Gasteiger partial charge < -0.3 is 9.72 Å². The van der Waals surface area contributed by atoms with Crippen LogP contribution in [0.1, 0.15) is 24.5 Å². The summed E-state index contributed by atoms with van der Waals surface area (Å²) in [7, 11) is 0. The molecule has 0 aliphatic heterocycles. The van der Waals surface area contributed by atoms with E-state index in [1.54, 1.807) is 6.07 Å². The average molecular weight is 410 g/mol. The molecule has 0 spiro atoms. The van der Waals surface area contributed by atoms with Crippen molar-refractivity contribution in [3.05, 3.63) is 39.1 Å². The Morgan fingerprint density at radius 1 is 1.28 bits per heavy atom. The van der Waals surface area contributed by atoms with Crippen LogP contribution in [-0.4, -0.2) is 31.5 Å². The maximum atomic E-state index is 12.7. The van der Waals surface area contributed by atoms with Gasteiger partial charge in [-0.3, -0.25) is 4.79 Å². The van der Waals surface area contributed by atoms with Crippen molar-refractivity contribution < 1.29 is 13.5 Å². The molecule has 1 fully saturated rings. The van der Waals surface area contributed by atoms with Gasteiger partial charge in [-0.05, 0) is 34.8 Å². The van der Waals surface area contributed by atoms with Crippen LogP contribution in [0.2, 0.25) is 0 Å². The molecule has 10 heteroatoms. The van der Waals surface area contributed by atoms with Crippen LogP contribution >= 0.6 is 15.9 Å². The Hall–Kier alpha value is -2.49. The highest BCUT2D eigenvalue weighted by Gasteiger charge is 2.32. The Kier molecular flexibility index (Phi) is 3.91. The van der Waals surface area contributed by atoms with Crippen LogP contribution in [0.3, 0.4) is 0 Å². The number of fused-ring (bicyclic) bond motifs is 1. The number of halogens is 3. The van der Waals surface area contributed by atoms with E-state index in [2.05, 4.69) is 45.6 Å². The number of alkyl halides is 2. The molecule has 1 aliphatic rings. The molecule has 1 aliphatic carbocycles. The Bertz CT molecular complexity index is 1020. The Balaban J connectivity index is 1.92. The van der Waals surface area contributed by atoms with Crippen LogP contribution in [0.4, 0.5) is 8.78 Å². The lowest BCUT2D eigenvalue weighted by molar-refractivity contribution is -0.0525. The molecule has 0 saturated heterocycles. The number of hydrogen-bond acceptors (Lipinski definition) is 6. The van der Waals surface area contributed by atoms with E-state index >= 15 is 0 Å². The second-order valence-electron chi connectivity index (χ2n) is 5.54. The van der Waals surface area contributed by atoms with E-state index in [9.17, 15) is 13.6 Å². The molecule has 3 aromatic rings. The van der Waals surface area contributed by atoms with Crippen molar-refractivity contribution in [3.8, 4) is 17.3 Å². The summed E-state index contributed by atoms with van der Waals surface area (Å²) in [4.78, 5) is 30.9. The van der Waals surface area contributed by atoms with Crippen molar-refractivity contribution in [2.75, 3.05) is 0 Å². The first-order valence-electron chi connectivity index (χ1n) is 7.38. The van der Waals surface area contributed by atoms with Crippen LogP contribution in [0, 0.1) is 0 Å². The molecule has 1 N–H and O–H groups in total. The average Bonchev–Trinajstić information content (AvgIpc) is 3.40. The van der Waals surface area contributed by atoms with E-state index in [1.807, 2.05) is 0 Å². The highest BCUT2D eigenvalue weighted by molar-refractivity contribution is 9.10. The first kappa shape index (κ1) is 16.0. The summed E-state index contributed by atoms with van der Waals surface area (Å²) in [5.74, 6) is -0.00406. The van der Waals surface area contributed by atoms with Gasteiger partial charge in [0.1, 0.15) is 17.5 Å². The minimum atomic E-state index is -3.03. The molecule has 3 aromatic heterocycles. The number of nitrogens with zero attached hydrogens (tertiary/aromatic N) is 4. The molecule has 128 valence electrons. The van der Waals surface area contributed by atoms with E-state index < -0.39 is 6.61 Å². The molecule has 3 heterocycles. The van der Waals surface area contributed by atoms with Crippen LogP contribution < -0.4 is 10.3 Å². The maximum absolute atomic E-state index is 12.7. The largest absolute Gasteiger partial charge is 0.416 e. The minimum Gasteiger partial charge on any atom is -0.416 e. The number of pyridine rings is 1. The monoisotopic (exact) mass is 409 g/mol. The van der Waals surface area contributed by atoms with Gasteiger partial charge in [0.15, 0.2) is 5.82 Å². The normalized spacial score (nSPS) is 14.2. The minimum absolute atomic E-state index is 0.128. The summed E-state index contributed by atoms with van der Waals surface area (Å²) >= 11 is 3.13. The van der Waals surface area contributed by atoms with Gasteiger partial charge in [-0.2, -0.15) is 8.78 Å². The van der Waals surface area contributed by atoms with Gasteiger partial charge in [0, 0.05) is 17.5 Å². The number of aromatic amines is 1. The standard InChI is InChI=1S/C15H10BrF2N5O2/c16-8-3-7-4-19-12(22-11(7)23-13(8)24)9-10(6-1-2-6)20-5-21-14(9)25-15(17)18/h3-6,15H,1-2H2,(H,19,22,23,24). The lowest BCUT2D eigenvalue weighted by Crippen LogP contribution is -2.10. The second kappa shape index (κ2) is 6.10. The van der Waals surface area contributed by atoms with Crippen LogP contribution in [0.25, 0.3) is 22.4 Å². The fraction of sp³-hybridized carbons (Fsp3) is 0.267. The number of H-pyrrole nitrogens is 1. The van der Waals surface area contributed by atoms with Crippen molar-refractivity contribution >= 4 is 27.0 Å². The van der Waals surface area contributed by atoms with Crippen molar-refractivity contribution in [2.45, 2.75) is 25.4 Å². The summed E-state index contributed by atoms with van der Waals surface area (Å²) in [6.45, 7) is -3.03. The maximum Gasteiger partial charge on any atom is 0.388 e. The first-order chi connectivity index (χ1) is 12.0. The molecule has 0 aromatic carbocycles. The lowest BCUT2D eigenvalue weighted by atomic mass is 10.1. The second-order valence-corrected chi connectivity index (χ2v) is 6.39. The molecule has 0 atom stereocenters. The summed E-state index contributed by atoms with van der Waals surface area (Å²) in [6, 6.07) is 1.58. The molecule has 0 amide bonds. The Labute approximate surface area is 147 Å². The zero-order chi connectivity index (χ0) is 17.6. The molecule has 0 radical (unpaired) electrons. The fourth-order valence-electron chi connectivity index (χ4n) is 2.52. The molecule has 0 unspecified atom stereocenters. The molecular formula is C15H10BrF2N5O2. The van der Waals surface area contributed by atoms with E-state index in [0.29, 0.717) is 15.6 Å². The van der Waals surface area contributed by atoms with Crippen molar-refractivity contribution in [3.63, 3.8) is 0 Å². The van der Waals surface area contributed by atoms with E-state index in [1.165, 1.54) is 12.5 Å². The van der Waals surface area contributed by atoms with Crippen molar-refractivity contribution in [1.29, 1.82) is 0 Å². The molecular weight excluding hydrogens is 400 g/mol. The van der Waals surface area contributed by atoms with E-state index in [-0.39, 0.29) is 34.4 Å². The van der Waals surface area contributed by atoms with E-state index in [4.69, 9.17) is 0 Å². The highest BCUT2D eigenvalue weighted by Crippen LogP contribution is 2.45. The van der Waals surface area contributed by atoms with E-state index in [0.717, 1.165) is 12.8 Å². The summed E-state index contributed by atoms with van der Waals surface area (Å²) in [5, 5.41) is 0.594.